The molecule has 22 heavy (non-hydrogen) atoms. The van der Waals surface area contributed by atoms with Gasteiger partial charge in [0.05, 0.1) is 13.2 Å². The minimum Gasteiger partial charge on any atom is -0.482 e. The van der Waals surface area contributed by atoms with Crippen LogP contribution in [-0.2, 0) is 23.8 Å². The predicted octanol–water partition coefficient (Wildman–Crippen LogP) is 1.97. The van der Waals surface area contributed by atoms with E-state index in [0.29, 0.717) is 31.8 Å². The van der Waals surface area contributed by atoms with Gasteiger partial charge in [0.15, 0.2) is 6.61 Å². The maximum Gasteiger partial charge on any atom is 0.344 e. The average Bonchev–Trinajstić information content (AvgIpc) is 2.55. The predicted molar refractivity (Wildman–Crippen MR) is 79.6 cm³/mol. The van der Waals surface area contributed by atoms with Crippen molar-refractivity contribution in [2.45, 2.75) is 19.8 Å². The molecular formula is C16H22O6. The SMILES string of the molecule is CCOCC(=O)OCCCCOC(=O)COc1ccccc1. The smallest absolute Gasteiger partial charge is 0.344 e. The third-order valence-electron chi connectivity index (χ3n) is 2.59. The van der Waals surface area contributed by atoms with Crippen molar-refractivity contribution in [1.82, 2.24) is 0 Å². The van der Waals surface area contributed by atoms with Gasteiger partial charge in [-0.15, -0.1) is 0 Å². The fraction of sp³-hybridized carbons (Fsp3) is 0.500. The first-order chi connectivity index (χ1) is 10.7. The first kappa shape index (κ1) is 18.0. The average molecular weight is 310 g/mol. The van der Waals surface area contributed by atoms with Crippen LogP contribution in [0.1, 0.15) is 19.8 Å². The molecular weight excluding hydrogens is 288 g/mol. The zero-order valence-corrected chi connectivity index (χ0v) is 12.8. The van der Waals surface area contributed by atoms with Gasteiger partial charge in [-0.3, -0.25) is 0 Å². The molecule has 1 aromatic rings. The van der Waals surface area contributed by atoms with Gasteiger partial charge in [0.1, 0.15) is 12.4 Å². The summed E-state index contributed by atoms with van der Waals surface area (Å²) in [4.78, 5) is 22.5. The third kappa shape index (κ3) is 8.97. The van der Waals surface area contributed by atoms with Crippen molar-refractivity contribution in [3.8, 4) is 5.75 Å². The summed E-state index contributed by atoms with van der Waals surface area (Å²) in [6.45, 7) is 2.72. The van der Waals surface area contributed by atoms with Crippen molar-refractivity contribution in [2.75, 3.05) is 33.0 Å². The topological polar surface area (TPSA) is 71.1 Å². The number of para-hydroxylation sites is 1. The Balaban J connectivity index is 1.96. The summed E-state index contributed by atoms with van der Waals surface area (Å²) in [6.07, 6.45) is 1.25. The minimum atomic E-state index is -0.419. The summed E-state index contributed by atoms with van der Waals surface area (Å²) in [6, 6.07) is 9.06. The Morgan fingerprint density at radius 3 is 2.09 bits per heavy atom. The first-order valence-corrected chi connectivity index (χ1v) is 7.29. The van der Waals surface area contributed by atoms with Crippen molar-refractivity contribution in [1.29, 1.82) is 0 Å². The highest BCUT2D eigenvalue weighted by Gasteiger charge is 2.05. The number of rotatable bonds is 11. The molecule has 1 aromatic carbocycles. The highest BCUT2D eigenvalue weighted by Crippen LogP contribution is 2.07. The number of carbonyl (C=O) groups is 2. The molecule has 0 bridgehead atoms. The summed E-state index contributed by atoms with van der Waals surface area (Å²) < 4.78 is 20.1. The van der Waals surface area contributed by atoms with Crippen molar-refractivity contribution in [2.24, 2.45) is 0 Å². The van der Waals surface area contributed by atoms with E-state index in [2.05, 4.69) is 0 Å². The lowest BCUT2D eigenvalue weighted by Crippen LogP contribution is -2.16. The van der Waals surface area contributed by atoms with Gasteiger partial charge in [-0.25, -0.2) is 9.59 Å². The second kappa shape index (κ2) is 11.6. The van der Waals surface area contributed by atoms with Crippen LogP contribution in [0.5, 0.6) is 5.75 Å². The quantitative estimate of drug-likeness (QED) is 0.460. The van der Waals surface area contributed by atoms with E-state index < -0.39 is 5.97 Å². The highest BCUT2D eigenvalue weighted by atomic mass is 16.6. The van der Waals surface area contributed by atoms with Gasteiger partial charge < -0.3 is 18.9 Å². The Labute approximate surface area is 130 Å². The van der Waals surface area contributed by atoms with Gasteiger partial charge >= 0.3 is 11.9 Å². The minimum absolute atomic E-state index is 0.0255. The molecule has 122 valence electrons. The molecule has 0 atom stereocenters. The summed E-state index contributed by atoms with van der Waals surface area (Å²) in [7, 11) is 0. The lowest BCUT2D eigenvalue weighted by molar-refractivity contribution is -0.150. The largest absolute Gasteiger partial charge is 0.482 e. The number of hydrogen-bond donors (Lipinski definition) is 0. The molecule has 0 spiro atoms. The Hall–Kier alpha value is -2.08. The Bertz CT molecular complexity index is 432. The van der Waals surface area contributed by atoms with Crippen molar-refractivity contribution in [3.63, 3.8) is 0 Å². The van der Waals surface area contributed by atoms with Crippen molar-refractivity contribution in [3.05, 3.63) is 30.3 Å². The van der Waals surface area contributed by atoms with E-state index in [1.807, 2.05) is 25.1 Å². The van der Waals surface area contributed by atoms with E-state index in [9.17, 15) is 9.59 Å². The van der Waals surface area contributed by atoms with Gasteiger partial charge in [-0.2, -0.15) is 0 Å². The first-order valence-electron chi connectivity index (χ1n) is 7.29. The monoisotopic (exact) mass is 310 g/mol. The number of unbranched alkanes of at least 4 members (excludes halogenated alkanes) is 1. The molecule has 0 unspecified atom stereocenters. The fourth-order valence-corrected chi connectivity index (χ4v) is 1.50. The van der Waals surface area contributed by atoms with Crippen LogP contribution in [0.4, 0.5) is 0 Å². The Morgan fingerprint density at radius 2 is 1.50 bits per heavy atom. The highest BCUT2D eigenvalue weighted by molar-refractivity contribution is 5.71. The molecule has 0 radical (unpaired) electrons. The second-order valence-corrected chi connectivity index (χ2v) is 4.39. The molecule has 6 heteroatoms. The summed E-state index contributed by atoms with van der Waals surface area (Å²) >= 11 is 0. The number of benzene rings is 1. The zero-order valence-electron chi connectivity index (χ0n) is 12.8. The normalized spacial score (nSPS) is 10.0. The molecule has 0 heterocycles. The van der Waals surface area contributed by atoms with Crippen LogP contribution < -0.4 is 4.74 Å². The maximum absolute atomic E-state index is 11.4. The van der Waals surface area contributed by atoms with E-state index in [-0.39, 0.29) is 25.8 Å². The van der Waals surface area contributed by atoms with Crippen LogP contribution in [-0.4, -0.2) is 45.0 Å². The van der Waals surface area contributed by atoms with Crippen LogP contribution in [0.3, 0.4) is 0 Å². The van der Waals surface area contributed by atoms with Gasteiger partial charge in [-0.05, 0) is 31.9 Å². The summed E-state index contributed by atoms with van der Waals surface area (Å²) in [5, 5.41) is 0. The van der Waals surface area contributed by atoms with Crippen LogP contribution in [0.15, 0.2) is 30.3 Å². The standard InChI is InChI=1S/C16H22O6/c1-2-19-12-15(17)20-10-6-7-11-21-16(18)13-22-14-8-4-3-5-9-14/h3-5,8-9H,2,6-7,10-13H2,1H3. The van der Waals surface area contributed by atoms with Gasteiger partial charge in [0, 0.05) is 6.61 Å². The molecule has 0 saturated heterocycles. The lowest BCUT2D eigenvalue weighted by atomic mass is 10.3. The Kier molecular flexibility index (Phi) is 9.45. The van der Waals surface area contributed by atoms with Crippen LogP contribution >= 0.6 is 0 Å². The molecule has 0 saturated carbocycles. The van der Waals surface area contributed by atoms with Crippen molar-refractivity contribution < 1.29 is 28.5 Å². The number of carbonyl (C=O) groups excluding carboxylic acids is 2. The molecule has 0 aliphatic heterocycles. The van der Waals surface area contributed by atoms with Crippen LogP contribution in [0.25, 0.3) is 0 Å². The van der Waals surface area contributed by atoms with E-state index in [1.54, 1.807) is 12.1 Å². The van der Waals surface area contributed by atoms with E-state index in [1.165, 1.54) is 0 Å². The number of esters is 2. The van der Waals surface area contributed by atoms with Gasteiger partial charge in [-0.1, -0.05) is 18.2 Å². The Morgan fingerprint density at radius 1 is 0.909 bits per heavy atom. The van der Waals surface area contributed by atoms with Crippen LogP contribution in [0, 0.1) is 0 Å². The van der Waals surface area contributed by atoms with Gasteiger partial charge in [0.25, 0.3) is 0 Å². The van der Waals surface area contributed by atoms with E-state index >= 15 is 0 Å². The molecule has 0 aliphatic rings. The van der Waals surface area contributed by atoms with E-state index in [4.69, 9.17) is 18.9 Å². The lowest BCUT2D eigenvalue weighted by Gasteiger charge is -2.07. The maximum atomic E-state index is 11.4. The molecule has 0 aliphatic carbocycles. The molecule has 1 rings (SSSR count). The zero-order chi connectivity index (χ0) is 16.0. The molecule has 0 fully saturated rings. The second-order valence-electron chi connectivity index (χ2n) is 4.39. The molecule has 0 amide bonds. The third-order valence-corrected chi connectivity index (χ3v) is 2.59. The fourth-order valence-electron chi connectivity index (χ4n) is 1.50. The summed E-state index contributed by atoms with van der Waals surface area (Å²) in [5.41, 5.74) is 0. The number of ether oxygens (including phenoxy) is 4. The van der Waals surface area contributed by atoms with Gasteiger partial charge in [0.2, 0.25) is 0 Å². The van der Waals surface area contributed by atoms with Crippen molar-refractivity contribution >= 4 is 11.9 Å². The van der Waals surface area contributed by atoms with E-state index in [0.717, 1.165) is 0 Å². The molecule has 0 aromatic heterocycles. The molecule has 6 nitrogen and oxygen atoms in total. The number of hydrogen-bond acceptors (Lipinski definition) is 6. The van der Waals surface area contributed by atoms with Crippen LogP contribution in [0.2, 0.25) is 0 Å². The summed E-state index contributed by atoms with van der Waals surface area (Å²) in [5.74, 6) is -0.173. The molecule has 0 N–H and O–H groups in total.